The summed E-state index contributed by atoms with van der Waals surface area (Å²) in [6.07, 6.45) is 5.66. The van der Waals surface area contributed by atoms with Gasteiger partial charge in [0, 0.05) is 6.04 Å². The molecule has 0 aliphatic heterocycles. The Morgan fingerprint density at radius 3 is 2.80 bits per heavy atom. The molecule has 3 heteroatoms. The lowest BCUT2D eigenvalue weighted by Crippen LogP contribution is -2.39. The molecule has 1 aromatic rings. The van der Waals surface area contributed by atoms with Crippen molar-refractivity contribution in [1.82, 2.24) is 5.32 Å². The highest BCUT2D eigenvalue weighted by molar-refractivity contribution is 5.79. The molecule has 0 spiro atoms. The number of rotatable bonds is 4. The summed E-state index contributed by atoms with van der Waals surface area (Å²) in [6.45, 7) is 2.01. The van der Waals surface area contributed by atoms with Crippen LogP contribution in [0.1, 0.15) is 36.8 Å². The molecule has 3 rings (SSSR count). The minimum atomic E-state index is 0.159. The number of nitrogens with one attached hydrogen (secondary N) is 1. The number of fused-ring (bicyclic) bond motifs is 2. The maximum Gasteiger partial charge on any atom is 0.224 e. The average Bonchev–Trinajstić information content (AvgIpc) is 3.01. The maximum atomic E-state index is 12.2. The fourth-order valence-electron chi connectivity index (χ4n) is 3.92. The van der Waals surface area contributed by atoms with Gasteiger partial charge < -0.3 is 10.1 Å². The van der Waals surface area contributed by atoms with E-state index in [-0.39, 0.29) is 5.91 Å². The molecule has 1 amide bonds. The zero-order valence-electron chi connectivity index (χ0n) is 12.3. The topological polar surface area (TPSA) is 38.3 Å². The average molecular weight is 273 g/mol. The van der Waals surface area contributed by atoms with E-state index < -0.39 is 0 Å². The van der Waals surface area contributed by atoms with Gasteiger partial charge in [-0.05, 0) is 55.2 Å². The van der Waals surface area contributed by atoms with Crippen LogP contribution in [0.5, 0.6) is 5.75 Å². The Morgan fingerprint density at radius 2 is 2.20 bits per heavy atom. The summed E-state index contributed by atoms with van der Waals surface area (Å²) in [6, 6.07) is 6.39. The summed E-state index contributed by atoms with van der Waals surface area (Å²) in [5, 5.41) is 3.24. The van der Waals surface area contributed by atoms with Crippen molar-refractivity contribution in [2.75, 3.05) is 7.11 Å². The third-order valence-electron chi connectivity index (χ3n) is 4.91. The van der Waals surface area contributed by atoms with Crippen LogP contribution in [0.4, 0.5) is 0 Å². The Kier molecular flexibility index (Phi) is 3.68. The Balaban J connectivity index is 1.57. The number of methoxy groups -OCH3 is 1. The van der Waals surface area contributed by atoms with Crippen LogP contribution in [-0.2, 0) is 11.2 Å². The van der Waals surface area contributed by atoms with Gasteiger partial charge in [0.05, 0.1) is 13.5 Å². The molecule has 0 saturated heterocycles. The number of hydrogen-bond acceptors (Lipinski definition) is 2. The lowest BCUT2D eigenvalue weighted by molar-refractivity contribution is -0.121. The fourth-order valence-corrected chi connectivity index (χ4v) is 3.92. The van der Waals surface area contributed by atoms with E-state index in [1.54, 1.807) is 7.11 Å². The second-order valence-corrected chi connectivity index (χ2v) is 6.33. The molecule has 108 valence electrons. The van der Waals surface area contributed by atoms with Gasteiger partial charge in [0.2, 0.25) is 5.91 Å². The van der Waals surface area contributed by atoms with E-state index in [2.05, 4.69) is 5.32 Å². The minimum Gasteiger partial charge on any atom is -0.496 e. The molecular formula is C17H23NO2. The first-order chi connectivity index (χ1) is 9.65. The van der Waals surface area contributed by atoms with E-state index >= 15 is 0 Å². The van der Waals surface area contributed by atoms with Gasteiger partial charge in [-0.25, -0.2) is 0 Å². The zero-order valence-corrected chi connectivity index (χ0v) is 12.3. The Bertz CT molecular complexity index is 512. The van der Waals surface area contributed by atoms with E-state index in [0.29, 0.717) is 12.5 Å². The molecule has 20 heavy (non-hydrogen) atoms. The number of benzene rings is 1. The molecule has 0 heterocycles. The molecule has 1 N–H and O–H groups in total. The van der Waals surface area contributed by atoms with Gasteiger partial charge in [0.15, 0.2) is 0 Å². The molecule has 2 fully saturated rings. The number of ether oxygens (including phenoxy) is 1. The predicted octanol–water partition coefficient (Wildman–Crippen LogP) is 2.85. The SMILES string of the molecule is COc1ccc(CC(=O)N[C@H]2C[C@@H]3CC[C@@H]2C3)cc1C. The standard InChI is InChI=1S/C17H23NO2/c1-11-7-12(4-6-16(11)20-2)10-17(19)18-15-9-13-3-5-14(15)8-13/h4,6-7,13-15H,3,5,8-10H2,1-2H3,(H,18,19)/t13-,14-,15+/m1/s1. The Labute approximate surface area is 120 Å². The monoisotopic (exact) mass is 273 g/mol. The van der Waals surface area contributed by atoms with Gasteiger partial charge in [-0.1, -0.05) is 18.6 Å². The van der Waals surface area contributed by atoms with E-state index in [1.165, 1.54) is 25.7 Å². The normalized spacial score (nSPS) is 27.6. The number of amides is 1. The van der Waals surface area contributed by atoms with Gasteiger partial charge in [-0.2, -0.15) is 0 Å². The number of carbonyl (C=O) groups is 1. The van der Waals surface area contributed by atoms with Crippen molar-refractivity contribution >= 4 is 5.91 Å². The lowest BCUT2D eigenvalue weighted by Gasteiger charge is -2.23. The second kappa shape index (κ2) is 5.47. The quantitative estimate of drug-likeness (QED) is 0.916. The number of aryl methyl sites for hydroxylation is 1. The minimum absolute atomic E-state index is 0.159. The van der Waals surface area contributed by atoms with Crippen LogP contribution < -0.4 is 10.1 Å². The molecular weight excluding hydrogens is 250 g/mol. The zero-order chi connectivity index (χ0) is 14.1. The molecule has 2 aliphatic rings. The van der Waals surface area contributed by atoms with Crippen LogP contribution in [0.15, 0.2) is 18.2 Å². The number of hydrogen-bond donors (Lipinski definition) is 1. The van der Waals surface area contributed by atoms with Crippen LogP contribution in [0.3, 0.4) is 0 Å². The molecule has 3 atom stereocenters. The highest BCUT2D eigenvalue weighted by atomic mass is 16.5. The van der Waals surface area contributed by atoms with Crippen molar-refractivity contribution in [3.8, 4) is 5.75 Å². The van der Waals surface area contributed by atoms with Crippen molar-refractivity contribution in [3.63, 3.8) is 0 Å². The van der Waals surface area contributed by atoms with Crippen molar-refractivity contribution in [3.05, 3.63) is 29.3 Å². The van der Waals surface area contributed by atoms with Gasteiger partial charge >= 0.3 is 0 Å². The predicted molar refractivity (Wildman–Crippen MR) is 78.8 cm³/mol. The van der Waals surface area contributed by atoms with Crippen LogP contribution in [0.2, 0.25) is 0 Å². The van der Waals surface area contributed by atoms with Crippen molar-refractivity contribution in [2.45, 2.75) is 45.1 Å². The smallest absolute Gasteiger partial charge is 0.224 e. The van der Waals surface area contributed by atoms with Crippen molar-refractivity contribution in [2.24, 2.45) is 11.8 Å². The van der Waals surface area contributed by atoms with Gasteiger partial charge in [0.1, 0.15) is 5.75 Å². The summed E-state index contributed by atoms with van der Waals surface area (Å²) in [4.78, 5) is 12.2. The van der Waals surface area contributed by atoms with Crippen LogP contribution >= 0.6 is 0 Å². The first-order valence-corrected chi connectivity index (χ1v) is 7.58. The fraction of sp³-hybridized carbons (Fsp3) is 0.588. The molecule has 1 aromatic carbocycles. The van der Waals surface area contributed by atoms with Crippen LogP contribution in [0, 0.1) is 18.8 Å². The molecule has 0 radical (unpaired) electrons. The van der Waals surface area contributed by atoms with Crippen LogP contribution in [0.25, 0.3) is 0 Å². The summed E-state index contributed by atoms with van der Waals surface area (Å²) in [5.41, 5.74) is 2.14. The molecule has 2 bridgehead atoms. The Hall–Kier alpha value is -1.51. The highest BCUT2D eigenvalue weighted by Gasteiger charge is 2.39. The van der Waals surface area contributed by atoms with E-state index in [4.69, 9.17) is 4.74 Å². The molecule has 2 aliphatic carbocycles. The Morgan fingerprint density at radius 1 is 1.35 bits per heavy atom. The van der Waals surface area contributed by atoms with Crippen LogP contribution in [-0.4, -0.2) is 19.1 Å². The lowest BCUT2D eigenvalue weighted by atomic mass is 9.95. The van der Waals surface area contributed by atoms with Gasteiger partial charge in [0.25, 0.3) is 0 Å². The summed E-state index contributed by atoms with van der Waals surface area (Å²) < 4.78 is 5.25. The largest absolute Gasteiger partial charge is 0.496 e. The third kappa shape index (κ3) is 2.67. The van der Waals surface area contributed by atoms with E-state index in [1.807, 2.05) is 25.1 Å². The summed E-state index contributed by atoms with van der Waals surface area (Å²) in [5.74, 6) is 2.64. The summed E-state index contributed by atoms with van der Waals surface area (Å²) >= 11 is 0. The molecule has 3 nitrogen and oxygen atoms in total. The molecule has 0 aromatic heterocycles. The van der Waals surface area contributed by atoms with Crippen molar-refractivity contribution < 1.29 is 9.53 Å². The molecule has 2 saturated carbocycles. The van der Waals surface area contributed by atoms with Crippen molar-refractivity contribution in [1.29, 1.82) is 0 Å². The van der Waals surface area contributed by atoms with Gasteiger partial charge in [-0.3, -0.25) is 4.79 Å². The second-order valence-electron chi connectivity index (χ2n) is 6.33. The highest BCUT2D eigenvalue weighted by Crippen LogP contribution is 2.44. The maximum absolute atomic E-state index is 12.2. The van der Waals surface area contributed by atoms with Gasteiger partial charge in [-0.15, -0.1) is 0 Å². The summed E-state index contributed by atoms with van der Waals surface area (Å²) in [7, 11) is 1.67. The van der Waals surface area contributed by atoms with E-state index in [0.717, 1.165) is 28.7 Å². The molecule has 0 unspecified atom stereocenters. The first-order valence-electron chi connectivity index (χ1n) is 7.58. The number of carbonyl (C=O) groups excluding carboxylic acids is 1. The third-order valence-corrected chi connectivity index (χ3v) is 4.91. The van der Waals surface area contributed by atoms with E-state index in [9.17, 15) is 4.79 Å². The first kappa shape index (κ1) is 13.5.